The zero-order valence-electron chi connectivity index (χ0n) is 9.66. The molecule has 2 rings (SSSR count). The normalized spacial score (nSPS) is 18.0. The summed E-state index contributed by atoms with van der Waals surface area (Å²) in [7, 11) is -4.80. The van der Waals surface area contributed by atoms with Gasteiger partial charge in [-0.1, -0.05) is 6.07 Å². The van der Waals surface area contributed by atoms with Gasteiger partial charge in [0.25, 0.3) is 15.8 Å². The van der Waals surface area contributed by atoms with Gasteiger partial charge < -0.3 is 10.6 Å². The van der Waals surface area contributed by atoms with Crippen LogP contribution in [0.4, 0.5) is 5.69 Å². The molecule has 0 heterocycles. The van der Waals surface area contributed by atoms with Gasteiger partial charge >= 0.3 is 5.71 Å². The van der Waals surface area contributed by atoms with E-state index in [9.17, 15) is 23.6 Å². The molecule has 1 aromatic rings. The van der Waals surface area contributed by atoms with Crippen LogP contribution in [0.2, 0.25) is 0 Å². The molecule has 2 N–H and O–H groups in total. The number of rotatable bonds is 2. The van der Waals surface area contributed by atoms with Crippen LogP contribution in [0.5, 0.6) is 0 Å². The summed E-state index contributed by atoms with van der Waals surface area (Å²) in [5.74, 6) is 0. The number of aliphatic hydroxyl groups excluding tert-OH is 1. The Balaban J connectivity index is 2.95. The quantitative estimate of drug-likeness (QED) is 0.261. The monoisotopic (exact) mass is 297 g/mol. The van der Waals surface area contributed by atoms with Crippen LogP contribution in [-0.4, -0.2) is 39.6 Å². The number of aliphatic hydroxyl groups is 1. The molecule has 1 unspecified atom stereocenters. The molecule has 0 radical (unpaired) electrons. The SMILES string of the molecule is [N-]=[N+]=C1c2cccc([N+](=O)[O-])c2C(S(=O)(=O)O)=CC1O. The summed E-state index contributed by atoms with van der Waals surface area (Å²) in [6.45, 7) is 0. The Labute approximate surface area is 112 Å². The molecule has 0 saturated heterocycles. The first-order valence-corrected chi connectivity index (χ1v) is 6.59. The number of hydrogen-bond donors (Lipinski definition) is 2. The Morgan fingerprint density at radius 1 is 1.40 bits per heavy atom. The van der Waals surface area contributed by atoms with Crippen molar-refractivity contribution in [2.45, 2.75) is 6.10 Å². The average molecular weight is 297 g/mol. The van der Waals surface area contributed by atoms with Gasteiger partial charge in [-0.2, -0.15) is 13.2 Å². The molecule has 0 amide bonds. The highest BCUT2D eigenvalue weighted by Crippen LogP contribution is 2.36. The molecule has 0 fully saturated rings. The van der Waals surface area contributed by atoms with E-state index in [1.54, 1.807) is 0 Å². The third kappa shape index (κ3) is 2.12. The van der Waals surface area contributed by atoms with Crippen molar-refractivity contribution in [1.29, 1.82) is 0 Å². The summed E-state index contributed by atoms with van der Waals surface area (Å²) in [5.41, 5.74) is 7.31. The first kappa shape index (κ1) is 14.0. The van der Waals surface area contributed by atoms with Crippen molar-refractivity contribution >= 4 is 26.4 Å². The number of nitro benzene ring substituents is 1. The molecule has 0 aromatic heterocycles. The van der Waals surface area contributed by atoms with E-state index < -0.39 is 37.3 Å². The van der Waals surface area contributed by atoms with E-state index in [-0.39, 0.29) is 11.3 Å². The van der Waals surface area contributed by atoms with Crippen molar-refractivity contribution in [1.82, 2.24) is 0 Å². The van der Waals surface area contributed by atoms with Gasteiger partial charge in [0.15, 0.2) is 6.10 Å². The molecular weight excluding hydrogens is 290 g/mol. The van der Waals surface area contributed by atoms with Crippen molar-refractivity contribution in [2.75, 3.05) is 0 Å². The van der Waals surface area contributed by atoms with E-state index in [1.165, 1.54) is 12.1 Å². The molecule has 0 bridgehead atoms. The summed E-state index contributed by atoms with van der Waals surface area (Å²) in [5, 5.41) is 20.6. The number of nitrogens with zero attached hydrogens (tertiary/aromatic N) is 3. The maximum atomic E-state index is 11.3. The molecule has 10 heteroatoms. The van der Waals surface area contributed by atoms with E-state index in [4.69, 9.17) is 10.1 Å². The fraction of sp³-hybridized carbons (Fsp3) is 0.100. The lowest BCUT2D eigenvalue weighted by Crippen LogP contribution is -2.28. The van der Waals surface area contributed by atoms with Crippen LogP contribution in [-0.2, 0) is 10.1 Å². The largest absolute Gasteiger partial charge is 0.377 e. The van der Waals surface area contributed by atoms with Crippen LogP contribution < -0.4 is 0 Å². The Hall–Kier alpha value is -2.39. The van der Waals surface area contributed by atoms with E-state index >= 15 is 0 Å². The number of hydrogen-bond acceptors (Lipinski definition) is 5. The van der Waals surface area contributed by atoms with Gasteiger partial charge in [0.05, 0.1) is 16.1 Å². The van der Waals surface area contributed by atoms with Crippen molar-refractivity contribution in [2.24, 2.45) is 0 Å². The predicted molar refractivity (Wildman–Crippen MR) is 66.4 cm³/mol. The number of benzene rings is 1. The molecule has 0 saturated carbocycles. The van der Waals surface area contributed by atoms with E-state index in [2.05, 4.69) is 4.79 Å². The molecule has 104 valence electrons. The highest BCUT2D eigenvalue weighted by Gasteiger charge is 2.39. The molecule has 0 spiro atoms. The topological polar surface area (TPSA) is 154 Å². The average Bonchev–Trinajstić information content (AvgIpc) is 2.35. The Kier molecular flexibility index (Phi) is 3.24. The Morgan fingerprint density at radius 2 is 2.05 bits per heavy atom. The van der Waals surface area contributed by atoms with Crippen LogP contribution >= 0.6 is 0 Å². The maximum Gasteiger partial charge on any atom is 0.332 e. The van der Waals surface area contributed by atoms with Gasteiger partial charge in [0, 0.05) is 6.07 Å². The summed E-state index contributed by atoms with van der Waals surface area (Å²) >= 11 is 0. The van der Waals surface area contributed by atoms with Gasteiger partial charge in [-0.05, 0) is 12.1 Å². The lowest BCUT2D eigenvalue weighted by Gasteiger charge is -2.15. The second-order valence-corrected chi connectivity index (χ2v) is 5.28. The highest BCUT2D eigenvalue weighted by molar-refractivity contribution is 7.95. The number of nitro groups is 1. The van der Waals surface area contributed by atoms with Crippen molar-refractivity contribution in [3.05, 3.63) is 51.0 Å². The summed E-state index contributed by atoms with van der Waals surface area (Å²) in [6, 6.07) is 3.51. The van der Waals surface area contributed by atoms with Gasteiger partial charge in [-0.25, -0.2) is 0 Å². The molecule has 1 aliphatic carbocycles. The maximum absolute atomic E-state index is 11.3. The van der Waals surface area contributed by atoms with E-state index in [0.29, 0.717) is 6.08 Å². The van der Waals surface area contributed by atoms with E-state index in [0.717, 1.165) is 6.07 Å². The summed E-state index contributed by atoms with van der Waals surface area (Å²) in [6.07, 6.45) is -0.953. The minimum Gasteiger partial charge on any atom is -0.377 e. The molecule has 1 aromatic carbocycles. The molecule has 0 aliphatic heterocycles. The second-order valence-electron chi connectivity index (χ2n) is 3.89. The predicted octanol–water partition coefficient (Wildman–Crippen LogP) is 0.217. The lowest BCUT2D eigenvalue weighted by atomic mass is 9.92. The third-order valence-corrected chi connectivity index (χ3v) is 3.63. The van der Waals surface area contributed by atoms with Crippen LogP contribution in [0.25, 0.3) is 10.4 Å². The van der Waals surface area contributed by atoms with Crippen molar-refractivity contribution in [3.8, 4) is 0 Å². The fourth-order valence-corrected chi connectivity index (χ4v) is 2.73. The van der Waals surface area contributed by atoms with Crippen LogP contribution in [0.1, 0.15) is 11.1 Å². The zero-order chi connectivity index (χ0) is 15.1. The van der Waals surface area contributed by atoms with Crippen LogP contribution in [0.3, 0.4) is 0 Å². The van der Waals surface area contributed by atoms with E-state index in [1.807, 2.05) is 0 Å². The number of fused-ring (bicyclic) bond motifs is 1. The van der Waals surface area contributed by atoms with Gasteiger partial charge in [0.1, 0.15) is 4.91 Å². The minimum absolute atomic E-state index is 0.149. The van der Waals surface area contributed by atoms with Crippen molar-refractivity contribution in [3.63, 3.8) is 0 Å². The zero-order valence-corrected chi connectivity index (χ0v) is 10.5. The standard InChI is InChI=1S/C10H7N3O6S/c11-12-10-5-2-1-3-6(13(15)16)9(5)8(4-7(10)14)20(17,18)19/h1-4,7,14H,(H,17,18,19). The van der Waals surface area contributed by atoms with Gasteiger partial charge in [-0.15, -0.1) is 0 Å². The summed E-state index contributed by atoms with van der Waals surface area (Å²) in [4.78, 5) is 12.1. The van der Waals surface area contributed by atoms with Crippen LogP contribution in [0.15, 0.2) is 24.3 Å². The smallest absolute Gasteiger partial charge is 0.332 e. The Bertz CT molecular complexity index is 791. The molecule has 1 aliphatic rings. The molecular formula is C10H7N3O6S. The fourth-order valence-electron chi connectivity index (χ4n) is 1.96. The summed E-state index contributed by atoms with van der Waals surface area (Å²) < 4.78 is 31.8. The third-order valence-electron chi connectivity index (χ3n) is 2.74. The lowest BCUT2D eigenvalue weighted by molar-refractivity contribution is -0.385. The molecule has 1 atom stereocenters. The Morgan fingerprint density at radius 3 is 2.55 bits per heavy atom. The second kappa shape index (κ2) is 4.62. The first-order chi connectivity index (χ1) is 9.27. The van der Waals surface area contributed by atoms with Crippen LogP contribution in [0, 0.1) is 10.1 Å². The van der Waals surface area contributed by atoms with Gasteiger partial charge in [0.2, 0.25) is 0 Å². The first-order valence-electron chi connectivity index (χ1n) is 5.15. The van der Waals surface area contributed by atoms with Crippen molar-refractivity contribution < 1.29 is 27.8 Å². The molecule has 9 nitrogen and oxygen atoms in total. The van der Waals surface area contributed by atoms with Gasteiger partial charge in [-0.3, -0.25) is 14.7 Å². The highest BCUT2D eigenvalue weighted by atomic mass is 32.2. The minimum atomic E-state index is -4.80. The molecule has 20 heavy (non-hydrogen) atoms.